The van der Waals surface area contributed by atoms with Crippen LogP contribution in [-0.2, 0) is 4.74 Å². The lowest BCUT2D eigenvalue weighted by Crippen LogP contribution is -2.50. The number of rotatable bonds is 7. The number of nitrogens with zero attached hydrogens (tertiary/aromatic N) is 2. The van der Waals surface area contributed by atoms with Crippen molar-refractivity contribution in [3.8, 4) is 0 Å². The van der Waals surface area contributed by atoms with Crippen molar-refractivity contribution in [2.45, 2.75) is 39.0 Å². The highest BCUT2D eigenvalue weighted by molar-refractivity contribution is 6.30. The quantitative estimate of drug-likeness (QED) is 0.828. The van der Waals surface area contributed by atoms with E-state index in [0.717, 1.165) is 36.8 Å². The third-order valence-corrected chi connectivity index (χ3v) is 4.74. The van der Waals surface area contributed by atoms with E-state index in [-0.39, 0.29) is 6.10 Å². The second-order valence-electron chi connectivity index (χ2n) is 6.61. The van der Waals surface area contributed by atoms with Crippen molar-refractivity contribution in [2.24, 2.45) is 0 Å². The van der Waals surface area contributed by atoms with Gasteiger partial charge in [-0.05, 0) is 38.5 Å². The zero-order valence-corrected chi connectivity index (χ0v) is 15.2. The van der Waals surface area contributed by atoms with Gasteiger partial charge in [-0.25, -0.2) is 0 Å². The predicted octanol–water partition coefficient (Wildman–Crippen LogP) is 2.80. The molecule has 0 saturated carbocycles. The Balaban J connectivity index is 1.69. The van der Waals surface area contributed by atoms with Gasteiger partial charge in [0.05, 0.1) is 18.8 Å². The maximum atomic E-state index is 10.2. The summed E-state index contributed by atoms with van der Waals surface area (Å²) in [5.41, 5.74) is 1.08. The number of β-amino-alcohol motifs (C(OH)–C–C–N with tert-alkyl or cyclic N) is 1. The molecule has 0 aromatic heterocycles. The van der Waals surface area contributed by atoms with Crippen LogP contribution in [0.15, 0.2) is 24.3 Å². The minimum Gasteiger partial charge on any atom is -0.389 e. The lowest BCUT2D eigenvalue weighted by Gasteiger charge is -2.37. The Labute approximate surface area is 145 Å². The van der Waals surface area contributed by atoms with Crippen LogP contribution in [0, 0.1) is 0 Å². The summed E-state index contributed by atoms with van der Waals surface area (Å²) in [4.78, 5) is 4.79. The number of hydrogen-bond acceptors (Lipinski definition) is 4. The molecule has 1 aromatic rings. The number of hydrogen-bond donors (Lipinski definition) is 1. The van der Waals surface area contributed by atoms with E-state index in [1.54, 1.807) is 0 Å². The van der Waals surface area contributed by atoms with E-state index >= 15 is 0 Å². The molecule has 0 amide bonds. The summed E-state index contributed by atoms with van der Waals surface area (Å²) in [5.74, 6) is 0. The van der Waals surface area contributed by atoms with Crippen LogP contribution >= 0.6 is 11.6 Å². The molecule has 0 radical (unpaired) electrons. The molecule has 23 heavy (non-hydrogen) atoms. The summed E-state index contributed by atoms with van der Waals surface area (Å²) in [5, 5.41) is 10.9. The first-order valence-electron chi connectivity index (χ1n) is 8.47. The van der Waals surface area contributed by atoms with E-state index in [1.165, 1.54) is 0 Å². The molecule has 2 atom stereocenters. The normalized spacial score (nSPS) is 19.9. The van der Waals surface area contributed by atoms with Crippen LogP contribution in [-0.4, -0.2) is 66.4 Å². The van der Waals surface area contributed by atoms with Crippen LogP contribution in [0.2, 0.25) is 5.02 Å². The van der Waals surface area contributed by atoms with Gasteiger partial charge in [-0.1, -0.05) is 23.7 Å². The standard InChI is InChI=1S/C18H29ClN2O2/c1-14(2)21-10-8-20(9-11-21)12-18(22)13-23-15(3)16-4-6-17(19)7-5-16/h4-7,14-15,18,22H,8-13H2,1-3H3. The molecule has 130 valence electrons. The predicted molar refractivity (Wildman–Crippen MR) is 95.0 cm³/mol. The van der Waals surface area contributed by atoms with Crippen molar-refractivity contribution in [1.29, 1.82) is 0 Å². The van der Waals surface area contributed by atoms with Gasteiger partial charge in [-0.2, -0.15) is 0 Å². The summed E-state index contributed by atoms with van der Waals surface area (Å²) in [6.45, 7) is 11.7. The van der Waals surface area contributed by atoms with Crippen molar-refractivity contribution in [1.82, 2.24) is 9.80 Å². The fraction of sp³-hybridized carbons (Fsp3) is 0.667. The molecule has 1 heterocycles. The number of aliphatic hydroxyl groups excluding tert-OH is 1. The summed E-state index contributed by atoms with van der Waals surface area (Å²) in [6.07, 6.45) is -0.491. The number of aliphatic hydroxyl groups is 1. The topological polar surface area (TPSA) is 35.9 Å². The molecule has 2 unspecified atom stereocenters. The first kappa shape index (κ1) is 18.7. The Bertz CT molecular complexity index is 459. The monoisotopic (exact) mass is 340 g/mol. The largest absolute Gasteiger partial charge is 0.389 e. The molecule has 1 fully saturated rings. The third-order valence-electron chi connectivity index (χ3n) is 4.48. The van der Waals surface area contributed by atoms with Gasteiger partial charge in [-0.3, -0.25) is 9.80 Å². The maximum absolute atomic E-state index is 10.2. The highest BCUT2D eigenvalue weighted by Gasteiger charge is 2.21. The van der Waals surface area contributed by atoms with Gasteiger partial charge in [-0.15, -0.1) is 0 Å². The van der Waals surface area contributed by atoms with Crippen LogP contribution in [0.5, 0.6) is 0 Å². The van der Waals surface area contributed by atoms with Crippen molar-refractivity contribution in [3.05, 3.63) is 34.9 Å². The van der Waals surface area contributed by atoms with E-state index in [9.17, 15) is 5.11 Å². The highest BCUT2D eigenvalue weighted by atomic mass is 35.5. The van der Waals surface area contributed by atoms with Crippen LogP contribution in [0.25, 0.3) is 0 Å². The van der Waals surface area contributed by atoms with Gasteiger partial charge in [0.15, 0.2) is 0 Å². The zero-order chi connectivity index (χ0) is 16.8. The van der Waals surface area contributed by atoms with E-state index in [1.807, 2.05) is 31.2 Å². The Kier molecular flexibility index (Phi) is 7.31. The fourth-order valence-corrected chi connectivity index (χ4v) is 3.02. The minimum absolute atomic E-state index is 0.0419. The lowest BCUT2D eigenvalue weighted by molar-refractivity contribution is -0.0222. The van der Waals surface area contributed by atoms with Crippen molar-refractivity contribution in [2.75, 3.05) is 39.3 Å². The number of ether oxygens (including phenoxy) is 1. The Morgan fingerprint density at radius 3 is 2.26 bits per heavy atom. The summed E-state index contributed by atoms with van der Waals surface area (Å²) in [6, 6.07) is 8.25. The van der Waals surface area contributed by atoms with Crippen LogP contribution in [0.4, 0.5) is 0 Å². The summed E-state index contributed by atoms with van der Waals surface area (Å²) in [7, 11) is 0. The van der Waals surface area contributed by atoms with Crippen LogP contribution in [0.3, 0.4) is 0 Å². The lowest BCUT2D eigenvalue weighted by atomic mass is 10.1. The van der Waals surface area contributed by atoms with Gasteiger partial charge >= 0.3 is 0 Å². The van der Waals surface area contributed by atoms with Gasteiger partial charge in [0.1, 0.15) is 0 Å². The molecule has 1 saturated heterocycles. The van der Waals surface area contributed by atoms with E-state index in [4.69, 9.17) is 16.3 Å². The number of benzene rings is 1. The minimum atomic E-state index is -0.449. The number of halogens is 1. The van der Waals surface area contributed by atoms with E-state index in [2.05, 4.69) is 23.6 Å². The van der Waals surface area contributed by atoms with E-state index in [0.29, 0.717) is 19.2 Å². The molecular formula is C18H29ClN2O2. The molecule has 4 nitrogen and oxygen atoms in total. The van der Waals surface area contributed by atoms with Crippen LogP contribution < -0.4 is 0 Å². The third kappa shape index (κ3) is 6.05. The van der Waals surface area contributed by atoms with Gasteiger partial charge < -0.3 is 9.84 Å². The SMILES string of the molecule is CC(OCC(O)CN1CCN(C(C)C)CC1)c1ccc(Cl)cc1. The second kappa shape index (κ2) is 9.00. The van der Waals surface area contributed by atoms with Crippen molar-refractivity contribution < 1.29 is 9.84 Å². The molecule has 1 aliphatic rings. The first-order valence-corrected chi connectivity index (χ1v) is 8.85. The fourth-order valence-electron chi connectivity index (χ4n) is 2.90. The Morgan fingerprint density at radius 1 is 1.09 bits per heavy atom. The van der Waals surface area contributed by atoms with Gasteiger partial charge in [0.2, 0.25) is 0 Å². The molecule has 1 aliphatic heterocycles. The molecule has 1 N–H and O–H groups in total. The molecule has 0 spiro atoms. The summed E-state index contributed by atoms with van der Waals surface area (Å²) < 4.78 is 5.80. The summed E-state index contributed by atoms with van der Waals surface area (Å²) >= 11 is 5.89. The van der Waals surface area contributed by atoms with Crippen molar-refractivity contribution >= 4 is 11.6 Å². The van der Waals surface area contributed by atoms with E-state index < -0.39 is 6.10 Å². The molecular weight excluding hydrogens is 312 g/mol. The molecule has 0 bridgehead atoms. The number of piperazine rings is 1. The van der Waals surface area contributed by atoms with Crippen molar-refractivity contribution in [3.63, 3.8) is 0 Å². The first-order chi connectivity index (χ1) is 11.0. The second-order valence-corrected chi connectivity index (χ2v) is 7.05. The molecule has 0 aliphatic carbocycles. The Hall–Kier alpha value is -0.650. The van der Waals surface area contributed by atoms with Crippen LogP contribution in [0.1, 0.15) is 32.4 Å². The molecule has 5 heteroatoms. The maximum Gasteiger partial charge on any atom is 0.0900 e. The van der Waals surface area contributed by atoms with Gasteiger partial charge in [0, 0.05) is 43.8 Å². The highest BCUT2D eigenvalue weighted by Crippen LogP contribution is 2.19. The zero-order valence-electron chi connectivity index (χ0n) is 14.4. The van der Waals surface area contributed by atoms with Gasteiger partial charge in [0.25, 0.3) is 0 Å². The molecule has 2 rings (SSSR count). The average Bonchev–Trinajstić information content (AvgIpc) is 2.54. The molecule has 1 aromatic carbocycles. The average molecular weight is 341 g/mol. The Morgan fingerprint density at radius 2 is 1.70 bits per heavy atom. The smallest absolute Gasteiger partial charge is 0.0900 e.